The van der Waals surface area contributed by atoms with Gasteiger partial charge in [0.05, 0.1) is 0 Å². The van der Waals surface area contributed by atoms with Crippen LogP contribution in [0.3, 0.4) is 0 Å². The number of allylic oxidation sites excluding steroid dienone is 3. The van der Waals surface area contributed by atoms with Crippen LogP contribution in [-0.2, 0) is 0 Å². The molecule has 0 bridgehead atoms. The number of nitrogens with one attached hydrogen (secondary N) is 2. The summed E-state index contributed by atoms with van der Waals surface area (Å²) in [6, 6.07) is 0.567. The van der Waals surface area contributed by atoms with Crippen LogP contribution >= 0.6 is 0 Å². The molecule has 1 saturated heterocycles. The van der Waals surface area contributed by atoms with Crippen LogP contribution in [0.5, 0.6) is 0 Å². The summed E-state index contributed by atoms with van der Waals surface area (Å²) >= 11 is 0. The van der Waals surface area contributed by atoms with E-state index in [0.717, 1.165) is 24.1 Å². The van der Waals surface area contributed by atoms with Gasteiger partial charge >= 0.3 is 0 Å². The van der Waals surface area contributed by atoms with Gasteiger partial charge in [-0.25, -0.2) is 4.39 Å². The normalized spacial score (nSPS) is 33.4. The molecule has 0 aliphatic carbocycles. The number of halogens is 1. The van der Waals surface area contributed by atoms with Crippen molar-refractivity contribution in [2.75, 3.05) is 0 Å². The van der Waals surface area contributed by atoms with Crippen molar-refractivity contribution in [3.05, 3.63) is 23.0 Å². The summed E-state index contributed by atoms with van der Waals surface area (Å²) in [6.07, 6.45) is 4.93. The molecule has 0 amide bonds. The maximum Gasteiger partial charge on any atom is 0.174 e. The lowest BCUT2D eigenvalue weighted by Crippen LogP contribution is -2.16. The molecular weight excluding hydrogens is 191 g/mol. The minimum atomic E-state index is -0.884. The Labute approximate surface area is 90.6 Å². The van der Waals surface area contributed by atoms with Crippen molar-refractivity contribution in [1.82, 2.24) is 10.6 Å². The average Bonchev–Trinajstić information content (AvgIpc) is 2.73. The highest BCUT2D eigenvalue weighted by Gasteiger charge is 2.21. The molecule has 2 nitrogen and oxygen atoms in total. The van der Waals surface area contributed by atoms with E-state index >= 15 is 0 Å². The first kappa shape index (κ1) is 10.5. The van der Waals surface area contributed by atoms with E-state index < -0.39 is 6.30 Å². The van der Waals surface area contributed by atoms with E-state index in [4.69, 9.17) is 0 Å². The molecule has 2 atom stereocenters. The topological polar surface area (TPSA) is 24.1 Å². The molecule has 0 saturated carbocycles. The molecule has 0 aromatic rings. The van der Waals surface area contributed by atoms with Crippen LogP contribution in [0.2, 0.25) is 0 Å². The minimum Gasteiger partial charge on any atom is -0.386 e. The van der Waals surface area contributed by atoms with Gasteiger partial charge in [0.2, 0.25) is 0 Å². The molecule has 15 heavy (non-hydrogen) atoms. The minimum absolute atomic E-state index is 0.517. The number of alkyl halides is 1. The molecule has 2 aliphatic heterocycles. The number of hydrogen-bond donors (Lipinski definition) is 2. The summed E-state index contributed by atoms with van der Waals surface area (Å²) < 4.78 is 13.2. The lowest BCUT2D eigenvalue weighted by Gasteiger charge is -2.04. The van der Waals surface area contributed by atoms with Gasteiger partial charge in [-0.1, -0.05) is 6.92 Å². The van der Waals surface area contributed by atoms with Crippen molar-refractivity contribution in [2.24, 2.45) is 0 Å². The first-order valence-corrected chi connectivity index (χ1v) is 5.78. The summed E-state index contributed by atoms with van der Waals surface area (Å²) in [6.45, 7) is 4.24. The molecule has 2 N–H and O–H groups in total. The van der Waals surface area contributed by atoms with Crippen LogP contribution in [0.4, 0.5) is 4.39 Å². The van der Waals surface area contributed by atoms with Crippen LogP contribution in [0, 0.1) is 0 Å². The number of rotatable bonds is 2. The first-order chi connectivity index (χ1) is 7.19. The zero-order valence-corrected chi connectivity index (χ0v) is 9.44. The van der Waals surface area contributed by atoms with Crippen LogP contribution in [0.15, 0.2) is 23.0 Å². The highest BCUT2D eigenvalue weighted by molar-refractivity contribution is 5.32. The third-order valence-corrected chi connectivity index (χ3v) is 3.10. The molecule has 2 heterocycles. The highest BCUT2D eigenvalue weighted by Crippen LogP contribution is 2.26. The van der Waals surface area contributed by atoms with Gasteiger partial charge in [-0.15, -0.1) is 0 Å². The van der Waals surface area contributed by atoms with Gasteiger partial charge in [-0.05, 0) is 37.8 Å². The fourth-order valence-electron chi connectivity index (χ4n) is 2.28. The van der Waals surface area contributed by atoms with E-state index in [1.54, 1.807) is 0 Å². The second-order valence-electron chi connectivity index (χ2n) is 4.43. The fourth-order valence-corrected chi connectivity index (χ4v) is 2.28. The second-order valence-corrected chi connectivity index (χ2v) is 4.43. The van der Waals surface area contributed by atoms with Crippen molar-refractivity contribution < 1.29 is 4.39 Å². The Morgan fingerprint density at radius 2 is 2.27 bits per heavy atom. The van der Waals surface area contributed by atoms with Gasteiger partial charge < -0.3 is 10.6 Å². The maximum absolute atomic E-state index is 13.2. The van der Waals surface area contributed by atoms with Crippen LogP contribution in [0.25, 0.3) is 0 Å². The van der Waals surface area contributed by atoms with Crippen LogP contribution < -0.4 is 10.6 Å². The van der Waals surface area contributed by atoms with E-state index in [0.29, 0.717) is 12.5 Å². The monoisotopic (exact) mass is 210 g/mol. The Morgan fingerprint density at radius 1 is 1.47 bits per heavy atom. The fraction of sp³-hybridized carbons (Fsp3) is 0.667. The van der Waals surface area contributed by atoms with Gasteiger partial charge in [0, 0.05) is 23.9 Å². The predicted octanol–water partition coefficient (Wildman–Crippen LogP) is 2.60. The van der Waals surface area contributed by atoms with E-state index in [2.05, 4.69) is 30.6 Å². The number of hydrogen-bond acceptors (Lipinski definition) is 2. The summed E-state index contributed by atoms with van der Waals surface area (Å²) in [5.41, 5.74) is 3.47. The molecule has 0 radical (unpaired) electrons. The molecule has 2 aliphatic rings. The van der Waals surface area contributed by atoms with Crippen molar-refractivity contribution in [2.45, 2.75) is 51.9 Å². The van der Waals surface area contributed by atoms with E-state index in [1.165, 1.54) is 12.1 Å². The van der Waals surface area contributed by atoms with Gasteiger partial charge in [-0.3, -0.25) is 0 Å². The zero-order valence-electron chi connectivity index (χ0n) is 9.44. The quantitative estimate of drug-likeness (QED) is 0.685. The predicted molar refractivity (Wildman–Crippen MR) is 59.9 cm³/mol. The third kappa shape index (κ3) is 2.33. The highest BCUT2D eigenvalue weighted by atomic mass is 19.1. The average molecular weight is 210 g/mol. The van der Waals surface area contributed by atoms with E-state index in [1.807, 2.05) is 0 Å². The Kier molecular flexibility index (Phi) is 2.98. The molecule has 0 spiro atoms. The summed E-state index contributed by atoms with van der Waals surface area (Å²) in [7, 11) is 0. The van der Waals surface area contributed by atoms with E-state index in [-0.39, 0.29) is 0 Å². The Morgan fingerprint density at radius 3 is 2.87 bits per heavy atom. The Hall–Kier alpha value is -0.990. The van der Waals surface area contributed by atoms with Crippen molar-refractivity contribution in [3.8, 4) is 0 Å². The van der Waals surface area contributed by atoms with Crippen LogP contribution in [0.1, 0.15) is 39.5 Å². The Bertz CT molecular complexity index is 307. The summed E-state index contributed by atoms with van der Waals surface area (Å²) in [4.78, 5) is 0. The molecule has 0 aromatic carbocycles. The smallest absolute Gasteiger partial charge is 0.174 e. The third-order valence-electron chi connectivity index (χ3n) is 3.10. The first-order valence-electron chi connectivity index (χ1n) is 5.78. The maximum atomic E-state index is 13.2. The van der Waals surface area contributed by atoms with Gasteiger partial charge in [0.25, 0.3) is 0 Å². The lowest BCUT2D eigenvalue weighted by atomic mass is 10.1. The second kappa shape index (κ2) is 4.25. The van der Waals surface area contributed by atoms with Gasteiger partial charge in [0.1, 0.15) is 0 Å². The van der Waals surface area contributed by atoms with Crippen molar-refractivity contribution >= 4 is 0 Å². The van der Waals surface area contributed by atoms with Crippen LogP contribution in [-0.4, -0.2) is 12.3 Å². The summed E-state index contributed by atoms with van der Waals surface area (Å²) in [5, 5.41) is 6.30. The lowest BCUT2D eigenvalue weighted by molar-refractivity contribution is 0.312. The molecule has 1 fully saturated rings. The molecule has 84 valence electrons. The summed E-state index contributed by atoms with van der Waals surface area (Å²) in [5.74, 6) is 0. The molecule has 2 rings (SSSR count). The molecule has 0 aromatic heterocycles. The SMILES string of the molecule is CCC1=C(/C=C2\CCC(C)N2)CC(F)N1. The standard InChI is InChI=1S/C12H19FN2/c1-3-11-9(7-12(13)15-11)6-10-5-4-8(2)14-10/h6,8,12,14-15H,3-5,7H2,1-2H3/b10-6+. The zero-order chi connectivity index (χ0) is 10.8. The van der Waals surface area contributed by atoms with Gasteiger partial charge in [-0.2, -0.15) is 0 Å². The molecule has 2 unspecified atom stereocenters. The Balaban J connectivity index is 2.10. The van der Waals surface area contributed by atoms with Gasteiger partial charge in [0.15, 0.2) is 6.30 Å². The van der Waals surface area contributed by atoms with Crippen molar-refractivity contribution in [3.63, 3.8) is 0 Å². The van der Waals surface area contributed by atoms with E-state index in [9.17, 15) is 4.39 Å². The molecule has 3 heteroatoms. The largest absolute Gasteiger partial charge is 0.386 e. The van der Waals surface area contributed by atoms with Crippen molar-refractivity contribution in [1.29, 1.82) is 0 Å². The molecular formula is C12H19FN2.